The Kier molecular flexibility index (Phi) is 6.01. The van der Waals surface area contributed by atoms with Crippen molar-refractivity contribution in [3.8, 4) is 11.4 Å². The van der Waals surface area contributed by atoms with Gasteiger partial charge in [0.05, 0.1) is 17.4 Å². The Bertz CT molecular complexity index is 998. The summed E-state index contributed by atoms with van der Waals surface area (Å²) in [7, 11) is 0. The Balaban J connectivity index is 1.56. The van der Waals surface area contributed by atoms with Gasteiger partial charge in [-0.15, -0.1) is 11.3 Å². The van der Waals surface area contributed by atoms with E-state index in [1.54, 1.807) is 17.5 Å². The molecule has 1 fully saturated rings. The quantitative estimate of drug-likeness (QED) is 0.643. The van der Waals surface area contributed by atoms with Crippen LogP contribution in [-0.2, 0) is 6.54 Å². The minimum atomic E-state index is -0.135. The van der Waals surface area contributed by atoms with Gasteiger partial charge in [0.2, 0.25) is 0 Å². The minimum Gasteiger partial charge on any atom is -0.349 e. The van der Waals surface area contributed by atoms with Gasteiger partial charge in [-0.1, -0.05) is 6.07 Å². The Morgan fingerprint density at radius 3 is 2.86 bits per heavy atom. The first-order valence-electron chi connectivity index (χ1n) is 10.1. The smallest absolute Gasteiger partial charge is 0.251 e. The summed E-state index contributed by atoms with van der Waals surface area (Å²) in [5.41, 5.74) is 1.21. The second-order valence-electron chi connectivity index (χ2n) is 7.14. The number of thiazole rings is 1. The van der Waals surface area contributed by atoms with Crippen molar-refractivity contribution in [1.29, 1.82) is 0 Å². The zero-order valence-electron chi connectivity index (χ0n) is 16.8. The molecule has 8 heteroatoms. The fourth-order valence-electron chi connectivity index (χ4n) is 3.82. The van der Waals surface area contributed by atoms with Crippen molar-refractivity contribution in [2.75, 3.05) is 24.5 Å². The third kappa shape index (κ3) is 4.38. The monoisotopic (exact) mass is 410 g/mol. The fraction of sp³-hybridized carbons (Fsp3) is 0.429. The van der Waals surface area contributed by atoms with Gasteiger partial charge >= 0.3 is 0 Å². The van der Waals surface area contributed by atoms with E-state index >= 15 is 0 Å². The molecule has 4 rings (SSSR count). The number of rotatable bonds is 7. The Morgan fingerprint density at radius 1 is 1.24 bits per heavy atom. The molecule has 7 nitrogen and oxygen atoms in total. The maximum Gasteiger partial charge on any atom is 0.251 e. The van der Waals surface area contributed by atoms with Gasteiger partial charge in [-0.3, -0.25) is 14.7 Å². The third-order valence-electron chi connectivity index (χ3n) is 5.30. The molecule has 3 aromatic rings. The van der Waals surface area contributed by atoms with Crippen LogP contribution < -0.4 is 10.5 Å². The lowest BCUT2D eigenvalue weighted by Crippen LogP contribution is -2.26. The van der Waals surface area contributed by atoms with Crippen LogP contribution in [0, 0.1) is 0 Å². The minimum absolute atomic E-state index is 0.102. The van der Waals surface area contributed by atoms with E-state index in [0.29, 0.717) is 5.69 Å². The van der Waals surface area contributed by atoms with E-state index in [9.17, 15) is 4.79 Å². The van der Waals surface area contributed by atoms with E-state index < -0.39 is 0 Å². The third-order valence-corrected chi connectivity index (χ3v) is 6.34. The predicted molar refractivity (Wildman–Crippen MR) is 116 cm³/mol. The Labute approximate surface area is 174 Å². The van der Waals surface area contributed by atoms with Crippen LogP contribution in [0.2, 0.25) is 0 Å². The maximum absolute atomic E-state index is 12.3. The van der Waals surface area contributed by atoms with Crippen molar-refractivity contribution in [3.05, 3.63) is 57.7 Å². The Hall–Kier alpha value is -2.58. The second-order valence-corrected chi connectivity index (χ2v) is 8.23. The number of likely N-dealkylation sites (tertiary alicyclic amines) is 1. The van der Waals surface area contributed by atoms with Crippen LogP contribution in [0.3, 0.4) is 0 Å². The Morgan fingerprint density at radius 2 is 2.10 bits per heavy atom. The number of aromatic amines is 1. The lowest BCUT2D eigenvalue weighted by atomic mass is 10.2. The van der Waals surface area contributed by atoms with Crippen LogP contribution in [0.25, 0.3) is 11.4 Å². The SMILES string of the molecule is CCN(CC)c1ncc(CN2CCC[C@@H]2c2nc(-c3ccccn3)cc(=O)[nH]2)s1. The van der Waals surface area contributed by atoms with E-state index in [2.05, 4.69) is 38.6 Å². The van der Waals surface area contributed by atoms with Crippen LogP contribution >= 0.6 is 11.3 Å². The zero-order chi connectivity index (χ0) is 20.2. The molecule has 29 heavy (non-hydrogen) atoms. The highest BCUT2D eigenvalue weighted by molar-refractivity contribution is 7.15. The summed E-state index contributed by atoms with van der Waals surface area (Å²) in [6.07, 6.45) is 5.77. The molecule has 0 amide bonds. The van der Waals surface area contributed by atoms with Crippen molar-refractivity contribution in [1.82, 2.24) is 24.8 Å². The molecule has 0 unspecified atom stereocenters. The highest BCUT2D eigenvalue weighted by atomic mass is 32.1. The number of aromatic nitrogens is 4. The molecule has 1 atom stereocenters. The highest BCUT2D eigenvalue weighted by Gasteiger charge is 2.29. The molecular formula is C21H26N6OS. The molecule has 1 aliphatic heterocycles. The maximum atomic E-state index is 12.3. The van der Waals surface area contributed by atoms with Gasteiger partial charge in [0, 0.05) is 43.0 Å². The van der Waals surface area contributed by atoms with Gasteiger partial charge in [-0.25, -0.2) is 9.97 Å². The van der Waals surface area contributed by atoms with Gasteiger partial charge in [-0.05, 0) is 45.4 Å². The largest absolute Gasteiger partial charge is 0.349 e. The average molecular weight is 411 g/mol. The van der Waals surface area contributed by atoms with Crippen molar-refractivity contribution < 1.29 is 0 Å². The van der Waals surface area contributed by atoms with Crippen molar-refractivity contribution >= 4 is 16.5 Å². The topological polar surface area (TPSA) is 78.0 Å². The van der Waals surface area contributed by atoms with Crippen molar-refractivity contribution in [2.45, 2.75) is 39.3 Å². The standard InChI is InChI=1S/C21H26N6OS/c1-3-26(4-2)21-23-13-15(29-21)14-27-11-7-9-18(27)20-24-17(12-19(28)25-20)16-8-5-6-10-22-16/h5-6,8,10,12-13,18H,3-4,7,9,11,14H2,1-2H3,(H,24,25,28)/t18-/m1/s1. The lowest BCUT2D eigenvalue weighted by molar-refractivity contribution is 0.241. The molecule has 0 radical (unpaired) electrons. The number of H-pyrrole nitrogens is 1. The summed E-state index contributed by atoms with van der Waals surface area (Å²) in [6.45, 7) is 8.03. The van der Waals surface area contributed by atoms with E-state index in [-0.39, 0.29) is 11.6 Å². The molecule has 0 aliphatic carbocycles. The fourth-order valence-corrected chi connectivity index (χ4v) is 4.88. The zero-order valence-corrected chi connectivity index (χ0v) is 17.7. The number of hydrogen-bond acceptors (Lipinski definition) is 7. The van der Waals surface area contributed by atoms with Crippen LogP contribution in [-0.4, -0.2) is 44.5 Å². The van der Waals surface area contributed by atoms with Crippen LogP contribution in [0.4, 0.5) is 5.13 Å². The lowest BCUT2D eigenvalue weighted by Gasteiger charge is -2.23. The highest BCUT2D eigenvalue weighted by Crippen LogP contribution is 2.33. The molecule has 152 valence electrons. The number of nitrogens with zero attached hydrogens (tertiary/aromatic N) is 5. The molecule has 0 bridgehead atoms. The molecule has 3 aromatic heterocycles. The molecule has 0 aromatic carbocycles. The van der Waals surface area contributed by atoms with Crippen LogP contribution in [0.5, 0.6) is 0 Å². The van der Waals surface area contributed by atoms with E-state index in [1.807, 2.05) is 24.4 Å². The molecule has 1 saturated heterocycles. The number of hydrogen-bond donors (Lipinski definition) is 1. The normalized spacial score (nSPS) is 17.0. The van der Waals surface area contributed by atoms with Crippen LogP contribution in [0.1, 0.15) is 43.4 Å². The predicted octanol–water partition coefficient (Wildman–Crippen LogP) is 3.47. The van der Waals surface area contributed by atoms with Gasteiger partial charge in [-0.2, -0.15) is 0 Å². The summed E-state index contributed by atoms with van der Waals surface area (Å²) in [5, 5.41) is 1.07. The first kappa shape index (κ1) is 19.7. The molecule has 0 saturated carbocycles. The van der Waals surface area contributed by atoms with Crippen LogP contribution in [0.15, 0.2) is 41.5 Å². The first-order chi connectivity index (χ1) is 14.2. The summed E-state index contributed by atoms with van der Waals surface area (Å²) in [6, 6.07) is 7.27. The van der Waals surface area contributed by atoms with Gasteiger partial charge in [0.1, 0.15) is 5.82 Å². The van der Waals surface area contributed by atoms with E-state index in [0.717, 1.165) is 55.7 Å². The van der Waals surface area contributed by atoms with Crippen molar-refractivity contribution in [3.63, 3.8) is 0 Å². The number of nitrogens with one attached hydrogen (secondary N) is 1. The van der Waals surface area contributed by atoms with Gasteiger partial charge < -0.3 is 9.88 Å². The van der Waals surface area contributed by atoms with Gasteiger partial charge in [0.25, 0.3) is 5.56 Å². The van der Waals surface area contributed by atoms with E-state index in [1.165, 1.54) is 10.9 Å². The van der Waals surface area contributed by atoms with Crippen molar-refractivity contribution in [2.24, 2.45) is 0 Å². The molecule has 4 heterocycles. The molecular weight excluding hydrogens is 384 g/mol. The summed E-state index contributed by atoms with van der Waals surface area (Å²) >= 11 is 1.75. The number of pyridine rings is 1. The molecule has 1 N–H and O–H groups in total. The average Bonchev–Trinajstić information content (AvgIpc) is 3.39. The number of anilines is 1. The molecule has 0 spiro atoms. The van der Waals surface area contributed by atoms with E-state index in [4.69, 9.17) is 4.98 Å². The summed E-state index contributed by atoms with van der Waals surface area (Å²) in [5.74, 6) is 0.726. The summed E-state index contributed by atoms with van der Waals surface area (Å²) < 4.78 is 0. The summed E-state index contributed by atoms with van der Waals surface area (Å²) in [4.78, 5) is 34.9. The second kappa shape index (κ2) is 8.84. The van der Waals surface area contributed by atoms with Gasteiger partial charge in [0.15, 0.2) is 5.13 Å². The first-order valence-corrected chi connectivity index (χ1v) is 11.0. The molecule has 1 aliphatic rings.